The van der Waals surface area contributed by atoms with Crippen LogP contribution in [0.1, 0.15) is 38.5 Å². The van der Waals surface area contributed by atoms with E-state index in [0.717, 1.165) is 37.8 Å². The lowest BCUT2D eigenvalue weighted by Gasteiger charge is -2.29. The summed E-state index contributed by atoms with van der Waals surface area (Å²) in [5, 5.41) is 2.66. The van der Waals surface area contributed by atoms with Crippen LogP contribution in [0.25, 0.3) is 0 Å². The highest BCUT2D eigenvalue weighted by atomic mass is 19.1. The van der Waals surface area contributed by atoms with Gasteiger partial charge in [0.2, 0.25) is 11.8 Å². The number of benzene rings is 1. The molecule has 3 rings (SSSR count). The topological polar surface area (TPSA) is 52.7 Å². The monoisotopic (exact) mass is 359 g/mol. The molecule has 0 unspecified atom stereocenters. The molecule has 1 N–H and O–H groups in total. The summed E-state index contributed by atoms with van der Waals surface area (Å²) in [6.45, 7) is 0.282. The van der Waals surface area contributed by atoms with E-state index in [1.165, 1.54) is 18.6 Å². The van der Waals surface area contributed by atoms with Crippen molar-refractivity contribution >= 4 is 17.5 Å². The smallest absolute Gasteiger partial charge is 0.241 e. The lowest BCUT2D eigenvalue weighted by molar-refractivity contribution is -0.131. The normalized spacial score (nSPS) is 17.0. The van der Waals surface area contributed by atoms with Crippen LogP contribution in [0, 0.1) is 5.82 Å². The number of carbonyl (C=O) groups excluding carboxylic acids is 2. The van der Waals surface area contributed by atoms with Crippen molar-refractivity contribution in [3.63, 3.8) is 0 Å². The Hall–Kier alpha value is -2.21. The number of allylic oxidation sites excluding steroid dienone is 2. The third kappa shape index (κ3) is 5.14. The maximum absolute atomic E-state index is 13.2. The number of nitrogens with one attached hydrogen (secondary N) is 1. The highest BCUT2D eigenvalue weighted by Gasteiger charge is 2.35. The maximum atomic E-state index is 13.2. The first-order valence-corrected chi connectivity index (χ1v) is 9.28. The fraction of sp³-hybridized carbons (Fsp3) is 0.500. The fourth-order valence-corrected chi connectivity index (χ4v) is 3.35. The molecule has 0 radical (unpaired) electrons. The van der Waals surface area contributed by atoms with Crippen LogP contribution in [0.4, 0.5) is 10.1 Å². The van der Waals surface area contributed by atoms with E-state index in [1.807, 2.05) is 4.90 Å². The fourth-order valence-electron chi connectivity index (χ4n) is 3.35. The van der Waals surface area contributed by atoms with E-state index in [-0.39, 0.29) is 24.9 Å². The molecular weight excluding hydrogens is 333 g/mol. The molecule has 0 heterocycles. The first kappa shape index (κ1) is 18.6. The molecule has 0 aliphatic heterocycles. The summed E-state index contributed by atoms with van der Waals surface area (Å²) in [4.78, 5) is 28.6. The van der Waals surface area contributed by atoms with Crippen molar-refractivity contribution in [2.24, 2.45) is 0 Å². The summed E-state index contributed by atoms with van der Waals surface area (Å²) in [6, 6.07) is 6.11. The second kappa shape index (κ2) is 8.45. The van der Waals surface area contributed by atoms with Crippen molar-refractivity contribution in [3.8, 4) is 0 Å². The Balaban J connectivity index is 1.52. The average Bonchev–Trinajstić information content (AvgIpc) is 3.40. The number of hydrogen-bond acceptors (Lipinski definition) is 3. The highest BCUT2D eigenvalue weighted by Crippen LogP contribution is 2.33. The highest BCUT2D eigenvalue weighted by molar-refractivity contribution is 5.92. The summed E-state index contributed by atoms with van der Waals surface area (Å²) in [5.41, 5.74) is 1.57. The molecule has 2 aliphatic rings. The molecule has 140 valence electrons. The molecule has 1 fully saturated rings. The Bertz CT molecular complexity index is 700. The molecule has 26 heavy (non-hydrogen) atoms. The van der Waals surface area contributed by atoms with Gasteiger partial charge in [-0.25, -0.2) is 4.39 Å². The van der Waals surface area contributed by atoms with Crippen LogP contribution in [-0.4, -0.2) is 47.8 Å². The molecule has 1 saturated carbocycles. The third-order valence-corrected chi connectivity index (χ3v) is 4.68. The van der Waals surface area contributed by atoms with Crippen molar-refractivity contribution in [1.29, 1.82) is 0 Å². The SMILES string of the molecule is CN(CC(=O)Nc1cccc(F)c1)CC(=O)N(C1=CCCCC1)C1CC1. The van der Waals surface area contributed by atoms with Gasteiger partial charge >= 0.3 is 0 Å². The van der Waals surface area contributed by atoms with E-state index in [2.05, 4.69) is 11.4 Å². The number of nitrogens with zero attached hydrogens (tertiary/aromatic N) is 2. The number of rotatable bonds is 7. The third-order valence-electron chi connectivity index (χ3n) is 4.68. The standard InChI is InChI=1S/C20H26FN3O2/c1-23(13-19(25)22-16-7-5-6-15(21)12-16)14-20(26)24(18-10-11-18)17-8-3-2-4-9-17/h5-8,12,18H,2-4,9-11,13-14H2,1H3,(H,22,25). The molecule has 2 aliphatic carbocycles. The molecular formula is C20H26FN3O2. The number of hydrogen-bond donors (Lipinski definition) is 1. The minimum Gasteiger partial charge on any atom is -0.325 e. The molecule has 0 bridgehead atoms. The number of amides is 2. The zero-order chi connectivity index (χ0) is 18.5. The summed E-state index contributed by atoms with van der Waals surface area (Å²) in [7, 11) is 1.75. The molecule has 0 saturated heterocycles. The molecule has 0 atom stereocenters. The number of anilines is 1. The second-order valence-electron chi connectivity index (χ2n) is 7.17. The quantitative estimate of drug-likeness (QED) is 0.814. The molecule has 5 nitrogen and oxygen atoms in total. The molecule has 1 aromatic carbocycles. The van der Waals surface area contributed by atoms with Gasteiger partial charge in [-0.2, -0.15) is 0 Å². The first-order valence-electron chi connectivity index (χ1n) is 9.28. The number of carbonyl (C=O) groups is 2. The van der Waals surface area contributed by atoms with Crippen molar-refractivity contribution in [2.45, 2.75) is 44.6 Å². The van der Waals surface area contributed by atoms with Crippen molar-refractivity contribution < 1.29 is 14.0 Å². The van der Waals surface area contributed by atoms with Gasteiger partial charge in [0.05, 0.1) is 13.1 Å². The van der Waals surface area contributed by atoms with Gasteiger partial charge in [-0.05, 0) is 63.8 Å². The Morgan fingerprint density at radius 2 is 2.04 bits per heavy atom. The van der Waals surface area contributed by atoms with Crippen LogP contribution < -0.4 is 5.32 Å². The largest absolute Gasteiger partial charge is 0.325 e. The van der Waals surface area contributed by atoms with Gasteiger partial charge < -0.3 is 10.2 Å². The zero-order valence-electron chi connectivity index (χ0n) is 15.2. The molecule has 6 heteroatoms. The summed E-state index contributed by atoms with van der Waals surface area (Å²) in [6.07, 6.45) is 8.64. The number of likely N-dealkylation sites (N-methyl/N-ethyl adjacent to an activating group) is 1. The van der Waals surface area contributed by atoms with Crippen molar-refractivity contribution in [1.82, 2.24) is 9.80 Å². The van der Waals surface area contributed by atoms with Crippen LogP contribution in [-0.2, 0) is 9.59 Å². The summed E-state index contributed by atoms with van der Waals surface area (Å²) >= 11 is 0. The van der Waals surface area contributed by atoms with Gasteiger partial charge in [0.25, 0.3) is 0 Å². The van der Waals surface area contributed by atoms with Gasteiger partial charge in [0.15, 0.2) is 0 Å². The average molecular weight is 359 g/mol. The molecule has 0 aromatic heterocycles. The van der Waals surface area contributed by atoms with E-state index >= 15 is 0 Å². The minimum absolute atomic E-state index is 0.0571. The van der Waals surface area contributed by atoms with Crippen LogP contribution in [0.2, 0.25) is 0 Å². The lowest BCUT2D eigenvalue weighted by atomic mass is 10.0. The first-order chi connectivity index (χ1) is 12.5. The molecule has 2 amide bonds. The van der Waals surface area contributed by atoms with Gasteiger partial charge in [0, 0.05) is 17.4 Å². The maximum Gasteiger partial charge on any atom is 0.241 e. The summed E-state index contributed by atoms with van der Waals surface area (Å²) in [5.74, 6) is -0.602. The Labute approximate surface area is 153 Å². The van der Waals surface area contributed by atoms with E-state index < -0.39 is 5.82 Å². The van der Waals surface area contributed by atoms with E-state index in [1.54, 1.807) is 24.1 Å². The predicted molar refractivity (Wildman–Crippen MR) is 98.9 cm³/mol. The molecule has 0 spiro atoms. The van der Waals surface area contributed by atoms with Gasteiger partial charge in [-0.3, -0.25) is 14.5 Å². The Morgan fingerprint density at radius 3 is 2.69 bits per heavy atom. The predicted octanol–water partition coefficient (Wildman–Crippen LogP) is 3.14. The number of halogens is 1. The van der Waals surface area contributed by atoms with Gasteiger partial charge in [-0.15, -0.1) is 0 Å². The van der Waals surface area contributed by atoms with Gasteiger partial charge in [-0.1, -0.05) is 12.1 Å². The van der Waals surface area contributed by atoms with Crippen LogP contribution >= 0.6 is 0 Å². The zero-order valence-corrected chi connectivity index (χ0v) is 15.2. The Kier molecular flexibility index (Phi) is 6.04. The van der Waals surface area contributed by atoms with Gasteiger partial charge in [0.1, 0.15) is 5.82 Å². The van der Waals surface area contributed by atoms with Crippen LogP contribution in [0.15, 0.2) is 36.0 Å². The van der Waals surface area contributed by atoms with Crippen LogP contribution in [0.3, 0.4) is 0 Å². The van der Waals surface area contributed by atoms with E-state index in [9.17, 15) is 14.0 Å². The van der Waals surface area contributed by atoms with Crippen LogP contribution in [0.5, 0.6) is 0 Å². The van der Waals surface area contributed by atoms with Crippen molar-refractivity contribution in [3.05, 3.63) is 41.9 Å². The summed E-state index contributed by atoms with van der Waals surface area (Å²) < 4.78 is 13.2. The minimum atomic E-state index is -0.396. The van der Waals surface area contributed by atoms with Crippen molar-refractivity contribution in [2.75, 3.05) is 25.5 Å². The molecule has 1 aromatic rings. The van der Waals surface area contributed by atoms with E-state index in [0.29, 0.717) is 11.7 Å². The Morgan fingerprint density at radius 1 is 1.23 bits per heavy atom. The van der Waals surface area contributed by atoms with E-state index in [4.69, 9.17) is 0 Å². The second-order valence-corrected chi connectivity index (χ2v) is 7.17. The lowest BCUT2D eigenvalue weighted by Crippen LogP contribution is -2.42.